The van der Waals surface area contributed by atoms with Crippen molar-refractivity contribution in [3.05, 3.63) is 0 Å². The molecule has 1 amide bonds. The molecule has 0 aromatic rings. The number of rotatable bonds is 1. The molecule has 0 aliphatic rings. The van der Waals surface area contributed by atoms with Gasteiger partial charge in [0.2, 0.25) is 6.86 Å². The van der Waals surface area contributed by atoms with E-state index < -0.39 is 13.0 Å². The summed E-state index contributed by atoms with van der Waals surface area (Å²) in [5, 5.41) is 0. The maximum Gasteiger partial charge on any atom is 0.428 e. The van der Waals surface area contributed by atoms with E-state index in [0.29, 0.717) is 0 Å². The van der Waals surface area contributed by atoms with Crippen LogP contribution in [0.3, 0.4) is 0 Å². The van der Waals surface area contributed by atoms with E-state index in [1.165, 1.54) is 0 Å². The van der Waals surface area contributed by atoms with Crippen LogP contribution in [0.5, 0.6) is 0 Å². The van der Waals surface area contributed by atoms with Gasteiger partial charge in [0.25, 0.3) is 0 Å². The highest BCUT2D eigenvalue weighted by molar-refractivity contribution is 5.63. The molecule has 0 aromatic carbocycles. The van der Waals surface area contributed by atoms with Crippen molar-refractivity contribution >= 4 is 6.09 Å². The fourth-order valence-corrected chi connectivity index (χ4v) is 0.0495. The minimum absolute atomic E-state index is 1.21. The second-order valence-corrected chi connectivity index (χ2v) is 0.541. The zero-order valence-electron chi connectivity index (χ0n) is 2.90. The van der Waals surface area contributed by atoms with Crippen molar-refractivity contribution in [2.75, 3.05) is 6.86 Å². The van der Waals surface area contributed by atoms with Gasteiger partial charge in [-0.25, -0.2) is 14.9 Å². The summed E-state index contributed by atoms with van der Waals surface area (Å²) in [6.07, 6.45) is -1.34. The second-order valence-electron chi connectivity index (χ2n) is 0.541. The number of alkyl halides is 1. The third kappa shape index (κ3) is 3.20. The lowest BCUT2D eigenvalue weighted by Gasteiger charge is -1.84. The molecular weight excluding hydrogens is 89.0 g/mol. The molecule has 0 saturated heterocycles. The average Bonchev–Trinajstić information content (AvgIpc) is 1.35. The summed E-state index contributed by atoms with van der Waals surface area (Å²) in [4.78, 5) is 9.25. The van der Waals surface area contributed by atoms with Gasteiger partial charge in [0.1, 0.15) is 0 Å². The van der Waals surface area contributed by atoms with Crippen LogP contribution in [0.1, 0.15) is 0 Å². The molecule has 0 rings (SSSR count). The van der Waals surface area contributed by atoms with Gasteiger partial charge in [0, 0.05) is 0 Å². The summed E-state index contributed by atoms with van der Waals surface area (Å²) < 4.78 is 14.1. The zero-order valence-corrected chi connectivity index (χ0v) is 2.90. The molecule has 1 radical (unpaired) electrons. The van der Waals surface area contributed by atoms with Crippen LogP contribution in [0.2, 0.25) is 0 Å². The van der Waals surface area contributed by atoms with Gasteiger partial charge in [0.05, 0.1) is 0 Å². The lowest BCUT2D eigenvalue weighted by molar-refractivity contribution is 0.105. The summed E-state index contributed by atoms with van der Waals surface area (Å²) in [5.74, 6) is 0. The van der Waals surface area contributed by atoms with E-state index in [9.17, 15) is 9.18 Å². The Kier molecular flexibility index (Phi) is 2.11. The van der Waals surface area contributed by atoms with Gasteiger partial charge < -0.3 is 4.74 Å². The van der Waals surface area contributed by atoms with E-state index in [1.807, 2.05) is 0 Å². The largest absolute Gasteiger partial charge is 0.428 e. The van der Waals surface area contributed by atoms with Gasteiger partial charge in [-0.1, -0.05) is 0 Å². The van der Waals surface area contributed by atoms with Crippen molar-refractivity contribution in [3.8, 4) is 0 Å². The number of halogens is 1. The average molecular weight is 92.0 g/mol. The summed E-state index contributed by atoms with van der Waals surface area (Å²) in [6.45, 7) is -1.21. The fraction of sp³-hybridized carbons (Fsp3) is 0.500. The normalized spacial score (nSPS) is 7.50. The van der Waals surface area contributed by atoms with Crippen LogP contribution < -0.4 is 5.73 Å². The maximum absolute atomic E-state index is 10.7. The molecule has 0 unspecified atom stereocenters. The molecule has 6 heavy (non-hydrogen) atoms. The van der Waals surface area contributed by atoms with Gasteiger partial charge in [-0.15, -0.1) is 0 Å². The predicted molar refractivity (Wildman–Crippen MR) is 15.6 cm³/mol. The monoisotopic (exact) mass is 92.0 g/mol. The third-order valence-electron chi connectivity index (χ3n) is 0.186. The Bertz CT molecular complexity index is 55.5. The number of nitrogens with one attached hydrogen (secondary N) is 1. The molecule has 3 nitrogen and oxygen atoms in total. The molecule has 0 saturated carbocycles. The smallest absolute Gasteiger partial charge is 0.416 e. The molecule has 0 aromatic heterocycles. The Morgan fingerprint density at radius 3 is 2.50 bits per heavy atom. The first kappa shape index (κ1) is 5.20. The van der Waals surface area contributed by atoms with Crippen LogP contribution in [0, 0.1) is 0 Å². The molecule has 0 bridgehead atoms. The quantitative estimate of drug-likeness (QED) is 0.468. The summed E-state index contributed by atoms with van der Waals surface area (Å²) in [6, 6.07) is 0. The van der Waals surface area contributed by atoms with Crippen molar-refractivity contribution in [2.24, 2.45) is 0 Å². The number of hydrogen-bond acceptors (Lipinski definition) is 2. The minimum Gasteiger partial charge on any atom is -0.416 e. The van der Waals surface area contributed by atoms with Crippen LogP contribution in [0.15, 0.2) is 0 Å². The summed E-state index contributed by atoms with van der Waals surface area (Å²) >= 11 is 0. The number of hydrogen-bond donors (Lipinski definition) is 0. The first-order valence-corrected chi connectivity index (χ1v) is 1.21. The highest BCUT2D eigenvalue weighted by atomic mass is 19.1. The zero-order chi connectivity index (χ0) is 4.99. The van der Waals surface area contributed by atoms with E-state index in [2.05, 4.69) is 4.74 Å². The topological polar surface area (TPSA) is 50.1 Å². The number of ether oxygens (including phenoxy) is 1. The Morgan fingerprint density at radius 1 is 2.00 bits per heavy atom. The first-order valence-electron chi connectivity index (χ1n) is 1.21. The van der Waals surface area contributed by atoms with E-state index in [0.717, 1.165) is 0 Å². The lowest BCUT2D eigenvalue weighted by Crippen LogP contribution is -1.99. The Labute approximate surface area is 33.9 Å². The maximum atomic E-state index is 10.7. The summed E-state index contributed by atoms with van der Waals surface area (Å²) in [7, 11) is 0. The summed E-state index contributed by atoms with van der Waals surface area (Å²) in [5.41, 5.74) is 5.88. The fourth-order valence-electron chi connectivity index (χ4n) is 0.0495. The van der Waals surface area contributed by atoms with Crippen LogP contribution in [-0.4, -0.2) is 13.0 Å². The molecule has 0 atom stereocenters. The van der Waals surface area contributed by atoms with E-state index in [4.69, 9.17) is 5.73 Å². The molecule has 4 heteroatoms. The van der Waals surface area contributed by atoms with Gasteiger partial charge >= 0.3 is 6.09 Å². The standard InChI is InChI=1S/C2H3FNO2/c3-1-6-2(4)5/h4H,1H2. The van der Waals surface area contributed by atoms with Gasteiger partial charge in [0.15, 0.2) is 0 Å². The second kappa shape index (κ2) is 2.44. The highest BCUT2D eigenvalue weighted by Crippen LogP contribution is 1.71. The van der Waals surface area contributed by atoms with Crippen molar-refractivity contribution in [2.45, 2.75) is 0 Å². The third-order valence-corrected chi connectivity index (χ3v) is 0.186. The van der Waals surface area contributed by atoms with E-state index >= 15 is 0 Å². The molecule has 0 fully saturated rings. The van der Waals surface area contributed by atoms with Crippen molar-refractivity contribution in [3.63, 3.8) is 0 Å². The minimum atomic E-state index is -1.34. The van der Waals surface area contributed by atoms with Crippen LogP contribution in [-0.2, 0) is 4.74 Å². The van der Waals surface area contributed by atoms with Crippen molar-refractivity contribution in [1.29, 1.82) is 0 Å². The SMILES string of the molecule is [NH]C(=O)OCF. The number of amides is 1. The molecule has 0 spiro atoms. The van der Waals surface area contributed by atoms with Crippen molar-refractivity contribution < 1.29 is 13.9 Å². The predicted octanol–water partition coefficient (Wildman–Crippen LogP) is 0.333. The number of carbonyl (C=O) groups excluding carboxylic acids is 1. The van der Waals surface area contributed by atoms with Crippen molar-refractivity contribution in [1.82, 2.24) is 5.73 Å². The van der Waals surface area contributed by atoms with Gasteiger partial charge in [-0.2, -0.15) is 0 Å². The molecular formula is C2H3FNO2. The molecule has 0 heterocycles. The van der Waals surface area contributed by atoms with Crippen LogP contribution >= 0.6 is 0 Å². The van der Waals surface area contributed by atoms with E-state index in [1.54, 1.807) is 0 Å². The molecule has 1 N–H and O–H groups in total. The van der Waals surface area contributed by atoms with Crippen LogP contribution in [0.4, 0.5) is 9.18 Å². The molecule has 0 aliphatic heterocycles. The number of carbonyl (C=O) groups is 1. The molecule has 0 aliphatic carbocycles. The highest BCUT2D eigenvalue weighted by Gasteiger charge is 1.86. The Hall–Kier alpha value is -0.800. The van der Waals surface area contributed by atoms with Crippen LogP contribution in [0.25, 0.3) is 0 Å². The Balaban J connectivity index is 2.83. The van der Waals surface area contributed by atoms with Gasteiger partial charge in [-0.3, -0.25) is 0 Å². The molecule has 35 valence electrons. The Morgan fingerprint density at radius 2 is 2.50 bits per heavy atom. The van der Waals surface area contributed by atoms with Gasteiger partial charge in [-0.05, 0) is 0 Å². The van der Waals surface area contributed by atoms with E-state index in [-0.39, 0.29) is 0 Å². The lowest BCUT2D eigenvalue weighted by atomic mass is 11.2. The first-order chi connectivity index (χ1) is 2.77.